The molecular formula is C12H14N2O. The maximum Gasteiger partial charge on any atom is 0.295 e. The number of hydrogen-bond acceptors (Lipinski definition) is 3. The Labute approximate surface area is 88.5 Å². The normalized spacial score (nSPS) is 24.3. The number of hydrogen-bond donors (Lipinski definition) is 1. The Balaban J connectivity index is 1.74. The first-order valence-electron chi connectivity index (χ1n) is 5.42. The largest absolute Gasteiger partial charge is 0.424 e. The van der Waals surface area contributed by atoms with Crippen LogP contribution in [0.25, 0.3) is 11.1 Å². The molecule has 1 aromatic heterocycles. The van der Waals surface area contributed by atoms with Crippen molar-refractivity contribution in [2.24, 2.45) is 11.8 Å². The van der Waals surface area contributed by atoms with E-state index in [-0.39, 0.29) is 0 Å². The Morgan fingerprint density at radius 1 is 1.47 bits per heavy atom. The lowest BCUT2D eigenvalue weighted by Crippen LogP contribution is -2.04. The number of fused-ring (bicyclic) bond motifs is 1. The SMILES string of the molecule is CC1CC1CNc1nc2ccccc2o1. The molecule has 1 aromatic carbocycles. The Hall–Kier alpha value is -1.51. The van der Waals surface area contributed by atoms with Gasteiger partial charge in [-0.15, -0.1) is 0 Å². The molecule has 2 atom stereocenters. The second-order valence-corrected chi connectivity index (χ2v) is 4.34. The highest BCUT2D eigenvalue weighted by atomic mass is 16.4. The first-order chi connectivity index (χ1) is 7.33. The third-order valence-electron chi connectivity index (χ3n) is 3.09. The van der Waals surface area contributed by atoms with E-state index in [9.17, 15) is 0 Å². The van der Waals surface area contributed by atoms with Crippen LogP contribution in [0.15, 0.2) is 28.7 Å². The van der Waals surface area contributed by atoms with Crippen molar-refractivity contribution >= 4 is 17.1 Å². The molecule has 3 rings (SSSR count). The van der Waals surface area contributed by atoms with Crippen LogP contribution in [0.2, 0.25) is 0 Å². The van der Waals surface area contributed by atoms with E-state index in [4.69, 9.17) is 4.42 Å². The van der Waals surface area contributed by atoms with Gasteiger partial charge in [0, 0.05) is 6.54 Å². The summed E-state index contributed by atoms with van der Waals surface area (Å²) in [7, 11) is 0. The van der Waals surface area contributed by atoms with Gasteiger partial charge >= 0.3 is 0 Å². The molecule has 15 heavy (non-hydrogen) atoms. The number of nitrogens with zero attached hydrogens (tertiary/aromatic N) is 1. The lowest BCUT2D eigenvalue weighted by molar-refractivity contribution is 0.608. The number of rotatable bonds is 3. The summed E-state index contributed by atoms with van der Waals surface area (Å²) in [6, 6.07) is 8.48. The Bertz CT molecular complexity index is 444. The van der Waals surface area contributed by atoms with Crippen molar-refractivity contribution in [2.45, 2.75) is 13.3 Å². The van der Waals surface area contributed by atoms with Crippen LogP contribution in [-0.2, 0) is 0 Å². The summed E-state index contributed by atoms with van der Waals surface area (Å²) in [6.07, 6.45) is 1.33. The van der Waals surface area contributed by atoms with Crippen molar-refractivity contribution in [1.82, 2.24) is 4.98 Å². The molecule has 0 saturated heterocycles. The molecule has 0 bridgehead atoms. The highest BCUT2D eigenvalue weighted by Gasteiger charge is 2.32. The molecular weight excluding hydrogens is 188 g/mol. The molecule has 0 radical (unpaired) electrons. The van der Waals surface area contributed by atoms with Gasteiger partial charge in [0.15, 0.2) is 5.58 Å². The number of para-hydroxylation sites is 2. The molecule has 2 unspecified atom stereocenters. The molecule has 1 heterocycles. The zero-order chi connectivity index (χ0) is 10.3. The number of aromatic nitrogens is 1. The third kappa shape index (κ3) is 1.69. The summed E-state index contributed by atoms with van der Waals surface area (Å²) < 4.78 is 5.56. The number of nitrogens with one attached hydrogen (secondary N) is 1. The van der Waals surface area contributed by atoms with Gasteiger partial charge in [0.2, 0.25) is 0 Å². The monoisotopic (exact) mass is 202 g/mol. The van der Waals surface area contributed by atoms with Crippen molar-refractivity contribution < 1.29 is 4.42 Å². The second kappa shape index (κ2) is 3.26. The zero-order valence-electron chi connectivity index (χ0n) is 8.73. The summed E-state index contributed by atoms with van der Waals surface area (Å²) in [4.78, 5) is 4.36. The average molecular weight is 202 g/mol. The molecule has 1 aliphatic carbocycles. The van der Waals surface area contributed by atoms with E-state index in [0.717, 1.165) is 29.5 Å². The van der Waals surface area contributed by atoms with Crippen LogP contribution in [0.3, 0.4) is 0 Å². The topological polar surface area (TPSA) is 38.1 Å². The third-order valence-corrected chi connectivity index (χ3v) is 3.09. The molecule has 0 spiro atoms. The summed E-state index contributed by atoms with van der Waals surface area (Å²) >= 11 is 0. The van der Waals surface area contributed by atoms with E-state index in [0.29, 0.717) is 6.01 Å². The lowest BCUT2D eigenvalue weighted by Gasteiger charge is -1.97. The first kappa shape index (κ1) is 8.77. The van der Waals surface area contributed by atoms with E-state index in [1.165, 1.54) is 6.42 Å². The standard InChI is InChI=1S/C12H14N2O/c1-8-6-9(8)7-13-12-14-10-4-2-3-5-11(10)15-12/h2-5,8-9H,6-7H2,1H3,(H,13,14). The van der Waals surface area contributed by atoms with Gasteiger partial charge in [-0.1, -0.05) is 19.1 Å². The van der Waals surface area contributed by atoms with Gasteiger partial charge in [-0.3, -0.25) is 0 Å². The van der Waals surface area contributed by atoms with Gasteiger partial charge < -0.3 is 9.73 Å². The minimum absolute atomic E-state index is 0.648. The fourth-order valence-electron chi connectivity index (χ4n) is 1.85. The minimum Gasteiger partial charge on any atom is -0.424 e. The van der Waals surface area contributed by atoms with Crippen LogP contribution in [0.1, 0.15) is 13.3 Å². The molecule has 3 nitrogen and oxygen atoms in total. The van der Waals surface area contributed by atoms with Gasteiger partial charge in [-0.05, 0) is 30.4 Å². The fourth-order valence-corrected chi connectivity index (χ4v) is 1.85. The summed E-state index contributed by atoms with van der Waals surface area (Å²) in [6.45, 7) is 3.26. The molecule has 1 saturated carbocycles. The van der Waals surface area contributed by atoms with Crippen molar-refractivity contribution in [3.05, 3.63) is 24.3 Å². The van der Waals surface area contributed by atoms with Crippen molar-refractivity contribution in [3.8, 4) is 0 Å². The van der Waals surface area contributed by atoms with Crippen molar-refractivity contribution in [2.75, 3.05) is 11.9 Å². The van der Waals surface area contributed by atoms with Crippen LogP contribution in [0.4, 0.5) is 6.01 Å². The molecule has 0 amide bonds. The van der Waals surface area contributed by atoms with Gasteiger partial charge in [0.05, 0.1) is 0 Å². The summed E-state index contributed by atoms with van der Waals surface area (Å²) in [5, 5.41) is 3.25. The van der Waals surface area contributed by atoms with Gasteiger partial charge in [-0.2, -0.15) is 4.98 Å². The van der Waals surface area contributed by atoms with Gasteiger partial charge in [-0.25, -0.2) is 0 Å². The van der Waals surface area contributed by atoms with Crippen LogP contribution in [-0.4, -0.2) is 11.5 Å². The Morgan fingerprint density at radius 2 is 2.27 bits per heavy atom. The molecule has 1 N–H and O–H groups in total. The average Bonchev–Trinajstić information content (AvgIpc) is 2.79. The molecule has 0 aliphatic heterocycles. The number of oxazole rings is 1. The predicted octanol–water partition coefficient (Wildman–Crippen LogP) is 2.90. The van der Waals surface area contributed by atoms with E-state index in [1.54, 1.807) is 0 Å². The minimum atomic E-state index is 0.648. The zero-order valence-corrected chi connectivity index (χ0v) is 8.73. The quantitative estimate of drug-likeness (QED) is 0.831. The summed E-state index contributed by atoms with van der Waals surface area (Å²) in [5.74, 6) is 1.67. The number of benzene rings is 1. The highest BCUT2D eigenvalue weighted by Crippen LogP contribution is 2.37. The first-order valence-corrected chi connectivity index (χ1v) is 5.42. The Morgan fingerprint density at radius 3 is 3.00 bits per heavy atom. The predicted molar refractivity (Wildman–Crippen MR) is 59.8 cm³/mol. The highest BCUT2D eigenvalue weighted by molar-refractivity contribution is 5.74. The van der Waals surface area contributed by atoms with Crippen LogP contribution in [0, 0.1) is 11.8 Å². The maximum atomic E-state index is 5.56. The van der Waals surface area contributed by atoms with E-state index >= 15 is 0 Å². The lowest BCUT2D eigenvalue weighted by atomic mass is 10.3. The smallest absolute Gasteiger partial charge is 0.295 e. The maximum absolute atomic E-state index is 5.56. The van der Waals surface area contributed by atoms with Crippen molar-refractivity contribution in [3.63, 3.8) is 0 Å². The fraction of sp³-hybridized carbons (Fsp3) is 0.417. The molecule has 78 valence electrons. The van der Waals surface area contributed by atoms with E-state index in [2.05, 4.69) is 17.2 Å². The second-order valence-electron chi connectivity index (χ2n) is 4.34. The van der Waals surface area contributed by atoms with Crippen LogP contribution >= 0.6 is 0 Å². The van der Waals surface area contributed by atoms with Gasteiger partial charge in [0.25, 0.3) is 6.01 Å². The molecule has 1 aliphatic rings. The molecule has 3 heteroatoms. The molecule has 1 fully saturated rings. The molecule has 2 aromatic rings. The number of anilines is 1. The summed E-state index contributed by atoms with van der Waals surface area (Å²) in [5.41, 5.74) is 1.77. The van der Waals surface area contributed by atoms with Crippen LogP contribution < -0.4 is 5.32 Å². The van der Waals surface area contributed by atoms with Crippen LogP contribution in [0.5, 0.6) is 0 Å². The van der Waals surface area contributed by atoms with E-state index < -0.39 is 0 Å². The van der Waals surface area contributed by atoms with E-state index in [1.807, 2.05) is 24.3 Å². The Kier molecular flexibility index (Phi) is 1.91. The van der Waals surface area contributed by atoms with Gasteiger partial charge in [0.1, 0.15) is 5.52 Å². The van der Waals surface area contributed by atoms with Crippen molar-refractivity contribution in [1.29, 1.82) is 0 Å².